The van der Waals surface area contributed by atoms with E-state index in [4.69, 9.17) is 19.6 Å². The zero-order valence-corrected chi connectivity index (χ0v) is 14.5. The first kappa shape index (κ1) is 17.2. The first-order valence-corrected chi connectivity index (χ1v) is 7.94. The highest BCUT2D eigenvalue weighted by Gasteiger charge is 2.10. The molecule has 0 aliphatic carbocycles. The van der Waals surface area contributed by atoms with E-state index in [1.165, 1.54) is 0 Å². The Hall–Kier alpha value is -3.65. The lowest BCUT2D eigenvalue weighted by Gasteiger charge is -2.08. The van der Waals surface area contributed by atoms with Gasteiger partial charge in [-0.2, -0.15) is 5.26 Å². The SMILES string of the molecule is COc1ccc(/C(C#N)=C/c2ccc(-c3cccc(N)c3)o2)cc1OC. The highest BCUT2D eigenvalue weighted by molar-refractivity contribution is 5.89. The number of hydrogen-bond donors (Lipinski definition) is 1. The van der Waals surface area contributed by atoms with E-state index in [1.54, 1.807) is 38.5 Å². The normalized spacial score (nSPS) is 11.0. The molecule has 3 aromatic rings. The Balaban J connectivity index is 1.94. The molecule has 0 bridgehead atoms. The van der Waals surface area contributed by atoms with Crippen LogP contribution in [0.25, 0.3) is 23.0 Å². The standard InChI is InChI=1S/C21H18N2O3/c1-24-20-8-6-14(12-21(20)25-2)16(13-22)11-18-7-9-19(26-18)15-4-3-5-17(23)10-15/h3-12H,23H2,1-2H3/b16-11+. The number of furan rings is 1. The summed E-state index contributed by atoms with van der Waals surface area (Å²) in [5, 5.41) is 9.54. The maximum absolute atomic E-state index is 9.54. The number of methoxy groups -OCH3 is 2. The summed E-state index contributed by atoms with van der Waals surface area (Å²) in [7, 11) is 3.13. The van der Waals surface area contributed by atoms with Crippen molar-refractivity contribution in [2.45, 2.75) is 0 Å². The van der Waals surface area contributed by atoms with E-state index in [1.807, 2.05) is 36.4 Å². The minimum Gasteiger partial charge on any atom is -0.493 e. The molecule has 2 aromatic carbocycles. The smallest absolute Gasteiger partial charge is 0.161 e. The minimum absolute atomic E-state index is 0.458. The van der Waals surface area contributed by atoms with Crippen molar-refractivity contribution in [3.05, 3.63) is 65.9 Å². The first-order chi connectivity index (χ1) is 12.6. The van der Waals surface area contributed by atoms with Crippen LogP contribution in [0, 0.1) is 11.3 Å². The second-order valence-corrected chi connectivity index (χ2v) is 5.57. The summed E-state index contributed by atoms with van der Waals surface area (Å²) in [6.07, 6.45) is 1.69. The Morgan fingerprint density at radius 2 is 1.85 bits per heavy atom. The summed E-state index contributed by atoms with van der Waals surface area (Å²) in [5.74, 6) is 2.43. The lowest BCUT2D eigenvalue weighted by Crippen LogP contribution is -1.92. The van der Waals surface area contributed by atoms with E-state index in [-0.39, 0.29) is 0 Å². The molecule has 0 radical (unpaired) electrons. The van der Waals surface area contributed by atoms with Gasteiger partial charge in [0.05, 0.1) is 25.9 Å². The molecule has 1 aromatic heterocycles. The zero-order chi connectivity index (χ0) is 18.5. The van der Waals surface area contributed by atoms with Gasteiger partial charge in [0, 0.05) is 11.3 Å². The molecular weight excluding hydrogens is 328 g/mol. The third-order valence-electron chi connectivity index (χ3n) is 3.90. The average Bonchev–Trinajstić information content (AvgIpc) is 3.14. The fourth-order valence-electron chi connectivity index (χ4n) is 2.60. The summed E-state index contributed by atoms with van der Waals surface area (Å²) in [6.45, 7) is 0. The number of benzene rings is 2. The predicted octanol–water partition coefficient (Wildman–Crippen LogP) is 4.61. The molecule has 0 aliphatic rings. The highest BCUT2D eigenvalue weighted by atomic mass is 16.5. The van der Waals surface area contributed by atoms with Crippen molar-refractivity contribution in [2.24, 2.45) is 0 Å². The molecule has 0 saturated carbocycles. The van der Waals surface area contributed by atoms with E-state index in [0.29, 0.717) is 39.8 Å². The third kappa shape index (κ3) is 3.55. The van der Waals surface area contributed by atoms with Gasteiger partial charge in [-0.25, -0.2) is 0 Å². The molecule has 2 N–H and O–H groups in total. The van der Waals surface area contributed by atoms with Gasteiger partial charge in [0.25, 0.3) is 0 Å². The zero-order valence-electron chi connectivity index (χ0n) is 14.5. The number of nitrogen functional groups attached to an aromatic ring is 1. The highest BCUT2D eigenvalue weighted by Crippen LogP contribution is 2.31. The Morgan fingerprint density at radius 3 is 2.54 bits per heavy atom. The lowest BCUT2D eigenvalue weighted by molar-refractivity contribution is 0.355. The van der Waals surface area contributed by atoms with Gasteiger partial charge in [-0.05, 0) is 54.1 Å². The second kappa shape index (κ2) is 7.49. The van der Waals surface area contributed by atoms with Gasteiger partial charge >= 0.3 is 0 Å². The van der Waals surface area contributed by atoms with Crippen LogP contribution < -0.4 is 15.2 Å². The maximum atomic E-state index is 9.54. The molecule has 0 spiro atoms. The Morgan fingerprint density at radius 1 is 1.04 bits per heavy atom. The van der Waals surface area contributed by atoms with Crippen LogP contribution in [-0.2, 0) is 0 Å². The second-order valence-electron chi connectivity index (χ2n) is 5.57. The number of nitrogens with zero attached hydrogens (tertiary/aromatic N) is 1. The van der Waals surface area contributed by atoms with Crippen LogP contribution in [0.5, 0.6) is 11.5 Å². The van der Waals surface area contributed by atoms with Crippen LogP contribution >= 0.6 is 0 Å². The van der Waals surface area contributed by atoms with E-state index in [9.17, 15) is 5.26 Å². The van der Waals surface area contributed by atoms with Crippen molar-refractivity contribution in [2.75, 3.05) is 20.0 Å². The number of rotatable bonds is 5. The van der Waals surface area contributed by atoms with Crippen molar-refractivity contribution in [3.63, 3.8) is 0 Å². The van der Waals surface area contributed by atoms with Crippen molar-refractivity contribution in [1.29, 1.82) is 5.26 Å². The van der Waals surface area contributed by atoms with Gasteiger partial charge in [-0.3, -0.25) is 0 Å². The largest absolute Gasteiger partial charge is 0.493 e. The van der Waals surface area contributed by atoms with Gasteiger partial charge in [-0.15, -0.1) is 0 Å². The quantitative estimate of drug-likeness (QED) is 0.539. The molecule has 26 heavy (non-hydrogen) atoms. The molecule has 0 unspecified atom stereocenters. The summed E-state index contributed by atoms with van der Waals surface area (Å²) in [6, 6.07) is 18.6. The predicted molar refractivity (Wildman–Crippen MR) is 102 cm³/mol. The van der Waals surface area contributed by atoms with Gasteiger partial charge in [-0.1, -0.05) is 12.1 Å². The van der Waals surface area contributed by atoms with Crippen molar-refractivity contribution in [1.82, 2.24) is 0 Å². The minimum atomic E-state index is 0.458. The van der Waals surface area contributed by atoms with Crippen molar-refractivity contribution in [3.8, 4) is 28.9 Å². The number of nitriles is 1. The third-order valence-corrected chi connectivity index (χ3v) is 3.90. The molecule has 130 valence electrons. The fraction of sp³-hybridized carbons (Fsp3) is 0.0952. The van der Waals surface area contributed by atoms with Gasteiger partial charge in [0.15, 0.2) is 11.5 Å². The summed E-state index contributed by atoms with van der Waals surface area (Å²) < 4.78 is 16.4. The summed E-state index contributed by atoms with van der Waals surface area (Å²) in [5.41, 5.74) is 8.54. The maximum Gasteiger partial charge on any atom is 0.161 e. The monoisotopic (exact) mass is 346 g/mol. The first-order valence-electron chi connectivity index (χ1n) is 7.94. The molecular formula is C21H18N2O3. The molecule has 0 fully saturated rings. The number of hydrogen-bond acceptors (Lipinski definition) is 5. The molecule has 1 heterocycles. The van der Waals surface area contributed by atoms with Crippen molar-refractivity contribution >= 4 is 17.3 Å². The molecule has 0 saturated heterocycles. The Bertz CT molecular complexity index is 996. The average molecular weight is 346 g/mol. The van der Waals surface area contributed by atoms with E-state index >= 15 is 0 Å². The molecule has 0 aliphatic heterocycles. The van der Waals surface area contributed by atoms with Gasteiger partial charge in [0.1, 0.15) is 11.5 Å². The summed E-state index contributed by atoms with van der Waals surface area (Å²) >= 11 is 0. The number of anilines is 1. The van der Waals surface area contributed by atoms with Crippen LogP contribution in [0.4, 0.5) is 5.69 Å². The molecule has 0 atom stereocenters. The molecule has 0 amide bonds. The Kier molecular flexibility index (Phi) is 4.95. The Labute approximate surface area is 151 Å². The molecule has 5 heteroatoms. The fourth-order valence-corrected chi connectivity index (χ4v) is 2.60. The number of ether oxygens (including phenoxy) is 2. The topological polar surface area (TPSA) is 81.4 Å². The van der Waals surface area contributed by atoms with Crippen LogP contribution in [0.15, 0.2) is 59.0 Å². The summed E-state index contributed by atoms with van der Waals surface area (Å²) in [4.78, 5) is 0. The van der Waals surface area contributed by atoms with E-state index in [2.05, 4.69) is 6.07 Å². The van der Waals surface area contributed by atoms with Gasteiger partial charge < -0.3 is 19.6 Å². The van der Waals surface area contributed by atoms with Crippen LogP contribution in [0.3, 0.4) is 0 Å². The van der Waals surface area contributed by atoms with Crippen molar-refractivity contribution < 1.29 is 13.9 Å². The number of allylic oxidation sites excluding steroid dienone is 1. The molecule has 3 rings (SSSR count). The van der Waals surface area contributed by atoms with Crippen LogP contribution in [-0.4, -0.2) is 14.2 Å². The number of nitrogens with two attached hydrogens (primary N) is 1. The molecule has 5 nitrogen and oxygen atoms in total. The van der Waals surface area contributed by atoms with Crippen LogP contribution in [0.2, 0.25) is 0 Å². The van der Waals surface area contributed by atoms with Crippen LogP contribution in [0.1, 0.15) is 11.3 Å². The van der Waals surface area contributed by atoms with Gasteiger partial charge in [0.2, 0.25) is 0 Å². The van der Waals surface area contributed by atoms with E-state index < -0.39 is 0 Å². The lowest BCUT2D eigenvalue weighted by atomic mass is 10.1. The van der Waals surface area contributed by atoms with E-state index in [0.717, 1.165) is 5.56 Å².